The van der Waals surface area contributed by atoms with Crippen LogP contribution in [0, 0.1) is 0 Å². The van der Waals surface area contributed by atoms with Crippen LogP contribution in [0.1, 0.15) is 65.0 Å². The van der Waals surface area contributed by atoms with E-state index in [1.807, 2.05) is 24.3 Å². The topological polar surface area (TPSA) is 32.7 Å². The fourth-order valence-electron chi connectivity index (χ4n) is 3.46. The second-order valence-electron chi connectivity index (χ2n) is 6.88. The van der Waals surface area contributed by atoms with Crippen molar-refractivity contribution in [1.29, 1.82) is 0 Å². The summed E-state index contributed by atoms with van der Waals surface area (Å²) in [7, 11) is 0. The Morgan fingerprint density at radius 3 is 2.27 bits per heavy atom. The van der Waals surface area contributed by atoms with E-state index in [1.165, 1.54) is 12.8 Å². The molecule has 1 N–H and O–H groups in total. The van der Waals surface area contributed by atoms with E-state index in [-0.39, 0.29) is 6.04 Å². The Morgan fingerprint density at radius 2 is 1.68 bits per heavy atom. The number of aliphatic hydroxyl groups excluding tert-OH is 1. The van der Waals surface area contributed by atoms with Gasteiger partial charge < -0.3 is 9.84 Å². The van der Waals surface area contributed by atoms with Gasteiger partial charge >= 0.3 is 0 Å². The minimum atomic E-state index is -0.492. The molecule has 0 bridgehead atoms. The van der Waals surface area contributed by atoms with Gasteiger partial charge in [0.2, 0.25) is 0 Å². The van der Waals surface area contributed by atoms with E-state index in [0.717, 1.165) is 37.2 Å². The van der Waals surface area contributed by atoms with E-state index in [9.17, 15) is 5.11 Å². The molecule has 0 radical (unpaired) electrons. The molecule has 0 spiro atoms. The second-order valence-corrected chi connectivity index (χ2v) is 6.88. The number of rotatable bonds is 7. The van der Waals surface area contributed by atoms with Crippen LogP contribution >= 0.6 is 0 Å². The highest BCUT2D eigenvalue weighted by atomic mass is 16.5. The quantitative estimate of drug-likeness (QED) is 0.821. The number of unbranched alkanes of at least 4 members (excludes halogenated alkanes) is 2. The number of nitrogens with zero attached hydrogens (tertiary/aromatic N) is 1. The van der Waals surface area contributed by atoms with Gasteiger partial charge in [-0.05, 0) is 45.8 Å². The first-order chi connectivity index (χ1) is 10.5. The standard InChI is InChI=1S/C19H31NO2/c1-5-7-13-20(14-8-6-2)18-17(21)15-11-9-10-12-16(15)22-19(18,3)4/h9-12,17-18,21H,5-8,13-14H2,1-4H3. The molecule has 2 rings (SSSR count). The minimum Gasteiger partial charge on any atom is -0.486 e. The van der Waals surface area contributed by atoms with Gasteiger partial charge in [0.05, 0.1) is 6.04 Å². The van der Waals surface area contributed by atoms with Crippen LogP contribution in [0.4, 0.5) is 0 Å². The average Bonchev–Trinajstić information content (AvgIpc) is 2.48. The van der Waals surface area contributed by atoms with Crippen molar-refractivity contribution in [2.24, 2.45) is 0 Å². The molecule has 1 aromatic rings. The van der Waals surface area contributed by atoms with Crippen molar-refractivity contribution in [2.75, 3.05) is 13.1 Å². The summed E-state index contributed by atoms with van der Waals surface area (Å²) in [6.07, 6.45) is 4.16. The summed E-state index contributed by atoms with van der Waals surface area (Å²) in [6.45, 7) is 10.7. The lowest BCUT2D eigenvalue weighted by atomic mass is 9.84. The predicted molar refractivity (Wildman–Crippen MR) is 91.3 cm³/mol. The van der Waals surface area contributed by atoms with E-state index in [4.69, 9.17) is 4.74 Å². The molecule has 0 aliphatic carbocycles. The number of hydrogen-bond acceptors (Lipinski definition) is 3. The molecular weight excluding hydrogens is 274 g/mol. The molecule has 2 unspecified atom stereocenters. The average molecular weight is 305 g/mol. The lowest BCUT2D eigenvalue weighted by Gasteiger charge is -2.48. The van der Waals surface area contributed by atoms with E-state index in [2.05, 4.69) is 32.6 Å². The van der Waals surface area contributed by atoms with Crippen LogP contribution in [0.5, 0.6) is 5.75 Å². The van der Waals surface area contributed by atoms with Crippen LogP contribution in [-0.4, -0.2) is 34.7 Å². The van der Waals surface area contributed by atoms with Crippen LogP contribution in [0.15, 0.2) is 24.3 Å². The van der Waals surface area contributed by atoms with E-state index in [0.29, 0.717) is 0 Å². The monoisotopic (exact) mass is 305 g/mol. The summed E-state index contributed by atoms with van der Waals surface area (Å²) < 4.78 is 6.24. The fraction of sp³-hybridized carbons (Fsp3) is 0.684. The van der Waals surface area contributed by atoms with Crippen molar-refractivity contribution in [3.8, 4) is 5.75 Å². The number of para-hydroxylation sites is 1. The molecule has 1 aromatic carbocycles. The maximum absolute atomic E-state index is 11.0. The van der Waals surface area contributed by atoms with Gasteiger partial charge in [-0.1, -0.05) is 44.9 Å². The van der Waals surface area contributed by atoms with Gasteiger partial charge in [-0.15, -0.1) is 0 Å². The highest BCUT2D eigenvalue weighted by Crippen LogP contribution is 2.42. The Morgan fingerprint density at radius 1 is 1.09 bits per heavy atom. The summed E-state index contributed by atoms with van der Waals surface area (Å²) in [4.78, 5) is 2.44. The predicted octanol–water partition coefficient (Wildman–Crippen LogP) is 4.16. The molecule has 1 heterocycles. The van der Waals surface area contributed by atoms with Gasteiger partial charge in [-0.25, -0.2) is 0 Å². The fourth-order valence-corrected chi connectivity index (χ4v) is 3.46. The van der Waals surface area contributed by atoms with Crippen molar-refractivity contribution in [3.63, 3.8) is 0 Å². The zero-order valence-corrected chi connectivity index (χ0v) is 14.5. The number of fused-ring (bicyclic) bond motifs is 1. The highest BCUT2D eigenvalue weighted by molar-refractivity contribution is 5.39. The zero-order chi connectivity index (χ0) is 16.2. The van der Waals surface area contributed by atoms with Crippen molar-refractivity contribution >= 4 is 0 Å². The third-order valence-corrected chi connectivity index (χ3v) is 4.61. The molecule has 0 amide bonds. The van der Waals surface area contributed by atoms with Crippen LogP contribution < -0.4 is 4.74 Å². The Kier molecular flexibility index (Phi) is 5.87. The molecule has 0 aromatic heterocycles. The Hall–Kier alpha value is -1.06. The molecule has 3 nitrogen and oxygen atoms in total. The van der Waals surface area contributed by atoms with Crippen LogP contribution in [0.3, 0.4) is 0 Å². The molecule has 1 aliphatic rings. The lowest BCUT2D eigenvalue weighted by molar-refractivity contribution is -0.0834. The molecule has 0 saturated heterocycles. The van der Waals surface area contributed by atoms with Gasteiger partial charge in [0.25, 0.3) is 0 Å². The van der Waals surface area contributed by atoms with Crippen molar-refractivity contribution in [1.82, 2.24) is 4.90 Å². The summed E-state index contributed by atoms with van der Waals surface area (Å²) in [5, 5.41) is 11.0. The SMILES string of the molecule is CCCCN(CCCC)C1C(O)c2ccccc2OC1(C)C. The summed E-state index contributed by atoms with van der Waals surface area (Å²) >= 11 is 0. The van der Waals surface area contributed by atoms with E-state index >= 15 is 0 Å². The normalized spacial score (nSPS) is 23.2. The Balaban J connectivity index is 2.28. The minimum absolute atomic E-state index is 0.000463. The number of aliphatic hydroxyl groups is 1. The first-order valence-corrected chi connectivity index (χ1v) is 8.71. The molecule has 0 fully saturated rings. The van der Waals surface area contributed by atoms with Crippen molar-refractivity contribution in [2.45, 2.75) is 71.1 Å². The van der Waals surface area contributed by atoms with Crippen molar-refractivity contribution < 1.29 is 9.84 Å². The zero-order valence-electron chi connectivity index (χ0n) is 14.5. The van der Waals surface area contributed by atoms with Gasteiger partial charge in [-0.3, -0.25) is 4.90 Å². The maximum atomic E-state index is 11.0. The van der Waals surface area contributed by atoms with Crippen LogP contribution in [-0.2, 0) is 0 Å². The Labute approximate surface area is 135 Å². The number of ether oxygens (including phenoxy) is 1. The smallest absolute Gasteiger partial charge is 0.126 e. The third-order valence-electron chi connectivity index (χ3n) is 4.61. The van der Waals surface area contributed by atoms with E-state index in [1.54, 1.807) is 0 Å². The number of hydrogen-bond donors (Lipinski definition) is 1. The summed E-state index contributed by atoms with van der Waals surface area (Å²) in [6, 6.07) is 7.89. The van der Waals surface area contributed by atoms with Crippen molar-refractivity contribution in [3.05, 3.63) is 29.8 Å². The van der Waals surface area contributed by atoms with Crippen LogP contribution in [0.25, 0.3) is 0 Å². The number of benzene rings is 1. The Bertz CT molecular complexity index is 464. The maximum Gasteiger partial charge on any atom is 0.126 e. The largest absolute Gasteiger partial charge is 0.486 e. The third kappa shape index (κ3) is 3.64. The molecule has 124 valence electrons. The summed E-state index contributed by atoms with van der Waals surface area (Å²) in [5.41, 5.74) is 0.528. The van der Waals surface area contributed by atoms with Crippen LogP contribution in [0.2, 0.25) is 0 Å². The highest BCUT2D eigenvalue weighted by Gasteiger charge is 2.45. The van der Waals surface area contributed by atoms with E-state index < -0.39 is 11.7 Å². The molecular formula is C19H31NO2. The molecule has 1 aliphatic heterocycles. The molecule has 22 heavy (non-hydrogen) atoms. The molecule has 3 heteroatoms. The first-order valence-electron chi connectivity index (χ1n) is 8.71. The first kappa shape index (κ1) is 17.3. The molecule has 0 saturated carbocycles. The lowest BCUT2D eigenvalue weighted by Crippen LogP contribution is -2.58. The van der Waals surface area contributed by atoms with Gasteiger partial charge in [0.1, 0.15) is 17.5 Å². The van der Waals surface area contributed by atoms with Gasteiger partial charge in [0.15, 0.2) is 0 Å². The summed E-state index contributed by atoms with van der Waals surface area (Å²) in [5.74, 6) is 0.821. The second kappa shape index (κ2) is 7.47. The van der Waals surface area contributed by atoms with Gasteiger partial charge in [-0.2, -0.15) is 0 Å². The molecule has 2 atom stereocenters. The van der Waals surface area contributed by atoms with Gasteiger partial charge in [0, 0.05) is 5.56 Å².